The molecule has 0 unspecified atom stereocenters. The van der Waals surface area contributed by atoms with Crippen molar-refractivity contribution in [2.75, 3.05) is 13.7 Å². The normalized spacial score (nSPS) is 11.8. The molecule has 0 aromatic carbocycles. The van der Waals surface area contributed by atoms with Gasteiger partial charge in [-0.25, -0.2) is 9.48 Å². The molecule has 1 aromatic heterocycles. The number of esters is 1. The van der Waals surface area contributed by atoms with E-state index in [1.54, 1.807) is 14.0 Å². The molecule has 7 heteroatoms. The molecular weight excluding hydrogens is 238 g/mol. The van der Waals surface area contributed by atoms with Gasteiger partial charge in [0.1, 0.15) is 11.6 Å². The molecule has 1 heterocycles. The fourth-order valence-corrected chi connectivity index (χ4v) is 1.40. The minimum atomic E-state index is -0.725. The number of aryl methyl sites for hydroxylation is 1. The van der Waals surface area contributed by atoms with E-state index in [1.165, 1.54) is 18.0 Å². The quantitative estimate of drug-likeness (QED) is 0.755. The van der Waals surface area contributed by atoms with Crippen molar-refractivity contribution in [2.24, 2.45) is 7.05 Å². The molecule has 7 nitrogen and oxygen atoms in total. The molecule has 1 atom stereocenters. The van der Waals surface area contributed by atoms with Crippen LogP contribution in [0, 0.1) is 0 Å². The van der Waals surface area contributed by atoms with Gasteiger partial charge in [0.25, 0.3) is 5.91 Å². The minimum absolute atomic E-state index is 0.287. The molecule has 100 valence electrons. The van der Waals surface area contributed by atoms with E-state index in [1.807, 2.05) is 6.92 Å². The number of hydrogen-bond acceptors (Lipinski definition) is 5. The van der Waals surface area contributed by atoms with Crippen LogP contribution < -0.4 is 10.1 Å². The van der Waals surface area contributed by atoms with Gasteiger partial charge < -0.3 is 14.8 Å². The summed E-state index contributed by atoms with van der Waals surface area (Å²) in [5.41, 5.74) is 0.287. The molecule has 1 rings (SSSR count). The van der Waals surface area contributed by atoms with Gasteiger partial charge in [-0.1, -0.05) is 0 Å². The topological polar surface area (TPSA) is 82.4 Å². The van der Waals surface area contributed by atoms with E-state index in [9.17, 15) is 9.59 Å². The van der Waals surface area contributed by atoms with E-state index < -0.39 is 17.9 Å². The Hall–Kier alpha value is -2.05. The first-order valence-electron chi connectivity index (χ1n) is 5.54. The van der Waals surface area contributed by atoms with E-state index in [0.717, 1.165) is 0 Å². The monoisotopic (exact) mass is 255 g/mol. The predicted octanol–water partition coefficient (Wildman–Crippen LogP) is 0.110. The zero-order valence-electron chi connectivity index (χ0n) is 10.9. The van der Waals surface area contributed by atoms with Gasteiger partial charge in [-0.05, 0) is 13.8 Å². The molecule has 0 fully saturated rings. The first-order chi connectivity index (χ1) is 8.51. The Balaban J connectivity index is 2.81. The highest BCUT2D eigenvalue weighted by atomic mass is 16.5. The summed E-state index contributed by atoms with van der Waals surface area (Å²) in [7, 11) is 2.94. The second-order valence-electron chi connectivity index (χ2n) is 3.64. The van der Waals surface area contributed by atoms with Gasteiger partial charge in [-0.15, -0.1) is 0 Å². The second-order valence-corrected chi connectivity index (χ2v) is 3.64. The van der Waals surface area contributed by atoms with Crippen LogP contribution in [0.1, 0.15) is 24.2 Å². The lowest BCUT2D eigenvalue weighted by molar-refractivity contribution is -0.142. The number of amides is 1. The Morgan fingerprint density at radius 3 is 2.78 bits per heavy atom. The van der Waals surface area contributed by atoms with Crippen LogP contribution in [0.4, 0.5) is 0 Å². The molecule has 18 heavy (non-hydrogen) atoms. The van der Waals surface area contributed by atoms with E-state index in [0.29, 0.717) is 12.5 Å². The average Bonchev–Trinajstić information content (AvgIpc) is 2.70. The van der Waals surface area contributed by atoms with Crippen molar-refractivity contribution >= 4 is 11.9 Å². The molecule has 0 bridgehead atoms. The van der Waals surface area contributed by atoms with Gasteiger partial charge >= 0.3 is 5.97 Å². The summed E-state index contributed by atoms with van der Waals surface area (Å²) in [6.45, 7) is 3.78. The van der Waals surface area contributed by atoms with Crippen LogP contribution in [0.15, 0.2) is 6.20 Å². The predicted molar refractivity (Wildman–Crippen MR) is 63.3 cm³/mol. The van der Waals surface area contributed by atoms with Crippen molar-refractivity contribution in [3.05, 3.63) is 11.8 Å². The van der Waals surface area contributed by atoms with Gasteiger partial charge in [0, 0.05) is 7.05 Å². The summed E-state index contributed by atoms with van der Waals surface area (Å²) in [6, 6.07) is -0.725. The van der Waals surface area contributed by atoms with Crippen LogP contribution in [-0.2, 0) is 16.6 Å². The maximum Gasteiger partial charge on any atom is 0.328 e. The molecule has 1 amide bonds. The zero-order chi connectivity index (χ0) is 13.7. The minimum Gasteiger partial charge on any atom is -0.478 e. The highest BCUT2D eigenvalue weighted by molar-refractivity contribution is 5.98. The molecule has 0 aliphatic heterocycles. The Labute approximate surface area is 105 Å². The molecule has 0 aliphatic carbocycles. The van der Waals surface area contributed by atoms with Gasteiger partial charge in [-0.2, -0.15) is 5.10 Å². The fraction of sp³-hybridized carbons (Fsp3) is 0.545. The maximum atomic E-state index is 11.9. The number of rotatable bonds is 5. The SMILES string of the molecule is CCOc1c(C(=O)N[C@@H](C)C(=O)OC)cnn1C. The number of nitrogens with one attached hydrogen (secondary N) is 1. The van der Waals surface area contributed by atoms with E-state index in [2.05, 4.69) is 15.2 Å². The van der Waals surface area contributed by atoms with Crippen molar-refractivity contribution in [1.29, 1.82) is 0 Å². The highest BCUT2D eigenvalue weighted by Crippen LogP contribution is 2.16. The third-order valence-electron chi connectivity index (χ3n) is 2.31. The number of nitrogens with zero attached hydrogens (tertiary/aromatic N) is 2. The molecule has 1 N–H and O–H groups in total. The van der Waals surface area contributed by atoms with Crippen LogP contribution in [-0.4, -0.2) is 41.4 Å². The summed E-state index contributed by atoms with van der Waals surface area (Å²) in [6.07, 6.45) is 1.39. The lowest BCUT2D eigenvalue weighted by Gasteiger charge is -2.11. The van der Waals surface area contributed by atoms with Crippen LogP contribution in [0.25, 0.3) is 0 Å². The summed E-state index contributed by atoms with van der Waals surface area (Å²) in [5, 5.41) is 6.46. The van der Waals surface area contributed by atoms with E-state index >= 15 is 0 Å². The standard InChI is InChI=1S/C11H17N3O4/c1-5-18-10-8(6-12-14(10)3)9(15)13-7(2)11(16)17-4/h6-7H,5H2,1-4H3,(H,13,15)/t7-/m0/s1. The van der Waals surface area contributed by atoms with Crippen molar-refractivity contribution in [3.63, 3.8) is 0 Å². The number of hydrogen-bond donors (Lipinski definition) is 1. The van der Waals surface area contributed by atoms with Gasteiger partial charge in [-0.3, -0.25) is 4.79 Å². The average molecular weight is 255 g/mol. The maximum absolute atomic E-state index is 11.9. The Morgan fingerprint density at radius 2 is 2.22 bits per heavy atom. The number of carbonyl (C=O) groups is 2. The van der Waals surface area contributed by atoms with Crippen molar-refractivity contribution in [1.82, 2.24) is 15.1 Å². The molecule has 1 aromatic rings. The molecule has 0 saturated heterocycles. The van der Waals surface area contributed by atoms with Crippen molar-refractivity contribution < 1.29 is 19.1 Å². The van der Waals surface area contributed by atoms with Gasteiger partial charge in [0.2, 0.25) is 5.88 Å². The lowest BCUT2D eigenvalue weighted by Crippen LogP contribution is -2.39. The Bertz CT molecular complexity index is 441. The largest absolute Gasteiger partial charge is 0.478 e. The number of methoxy groups -OCH3 is 1. The second kappa shape index (κ2) is 6.04. The number of ether oxygens (including phenoxy) is 2. The molecule has 0 radical (unpaired) electrons. The summed E-state index contributed by atoms with van der Waals surface area (Å²) < 4.78 is 11.3. The van der Waals surface area contributed by atoms with Crippen LogP contribution in [0.2, 0.25) is 0 Å². The summed E-state index contributed by atoms with van der Waals surface area (Å²) in [5.74, 6) is -0.568. The van der Waals surface area contributed by atoms with E-state index in [-0.39, 0.29) is 5.56 Å². The molecule has 0 saturated carbocycles. The third kappa shape index (κ3) is 2.99. The first kappa shape index (κ1) is 14.0. The summed E-state index contributed by atoms with van der Waals surface area (Å²) in [4.78, 5) is 23.1. The van der Waals surface area contributed by atoms with Gasteiger partial charge in [0.05, 0.1) is 19.9 Å². The Morgan fingerprint density at radius 1 is 1.56 bits per heavy atom. The first-order valence-corrected chi connectivity index (χ1v) is 5.54. The van der Waals surface area contributed by atoms with E-state index in [4.69, 9.17) is 4.74 Å². The van der Waals surface area contributed by atoms with Crippen LogP contribution in [0.5, 0.6) is 5.88 Å². The number of aromatic nitrogens is 2. The van der Waals surface area contributed by atoms with Crippen molar-refractivity contribution in [2.45, 2.75) is 19.9 Å². The van der Waals surface area contributed by atoms with Crippen molar-refractivity contribution in [3.8, 4) is 5.88 Å². The summed E-state index contributed by atoms with van der Waals surface area (Å²) >= 11 is 0. The van der Waals surface area contributed by atoms with Gasteiger partial charge in [0.15, 0.2) is 0 Å². The third-order valence-corrected chi connectivity index (χ3v) is 2.31. The molecular formula is C11H17N3O4. The zero-order valence-corrected chi connectivity index (χ0v) is 10.9. The Kier molecular flexibility index (Phi) is 4.70. The smallest absolute Gasteiger partial charge is 0.328 e. The fourth-order valence-electron chi connectivity index (χ4n) is 1.40. The highest BCUT2D eigenvalue weighted by Gasteiger charge is 2.22. The number of carbonyl (C=O) groups excluding carboxylic acids is 2. The molecule has 0 spiro atoms. The molecule has 0 aliphatic rings. The van der Waals surface area contributed by atoms with Crippen LogP contribution >= 0.6 is 0 Å². The van der Waals surface area contributed by atoms with Crippen LogP contribution in [0.3, 0.4) is 0 Å². The lowest BCUT2D eigenvalue weighted by atomic mass is 10.2.